The lowest BCUT2D eigenvalue weighted by Gasteiger charge is -2.52. The molecule has 0 spiro atoms. The minimum absolute atomic E-state index is 0.0230. The van der Waals surface area contributed by atoms with Crippen molar-refractivity contribution in [1.82, 2.24) is 4.48 Å². The van der Waals surface area contributed by atoms with Crippen molar-refractivity contribution in [1.29, 1.82) is 0 Å². The number of anilines is 2. The zero-order valence-electron chi connectivity index (χ0n) is 28.7. The second-order valence-corrected chi connectivity index (χ2v) is 17.8. The van der Waals surface area contributed by atoms with Gasteiger partial charge in [0.05, 0.1) is 15.8 Å². The standard InChI is InChI=1S/C44H37BN2OS/c1-42(2,3)24-21-30-39-31(22-24)45-36-32(46(39)44(5)20-11-10-19-43(30,44)4)23-29-25-13-6-8-17-33(25)48-40(29)35(36)27-15-12-16-28-37(27)47(45)38-26-14-7-9-18-34(26)49-41(28)38/h6-9,12-18,21-23H,10-11,19-20H2,1-5H3. The van der Waals surface area contributed by atoms with Crippen LogP contribution < -0.4 is 15.8 Å². The minimum atomic E-state index is -0.0296. The molecule has 1 aliphatic carbocycles. The first-order valence-electron chi connectivity index (χ1n) is 18.1. The SMILES string of the molecule is CC(C)(C)c1cc2c3c(c1)C1(C)CCCCC1(C)N3c1cc3c(oc4ccccc43)c3c1B2n1c2c-3cccc2c2sc3ccccc3c21. The third-order valence-electron chi connectivity index (χ3n) is 13.5. The second-order valence-electron chi connectivity index (χ2n) is 16.8. The van der Waals surface area contributed by atoms with Crippen LogP contribution in [0.1, 0.15) is 71.4 Å². The van der Waals surface area contributed by atoms with Crippen molar-refractivity contribution < 1.29 is 4.42 Å². The first kappa shape index (κ1) is 27.4. The van der Waals surface area contributed by atoms with Crippen LogP contribution in [0.2, 0.25) is 0 Å². The van der Waals surface area contributed by atoms with E-state index < -0.39 is 0 Å². The van der Waals surface area contributed by atoms with Crippen molar-refractivity contribution in [3.63, 3.8) is 0 Å². The van der Waals surface area contributed by atoms with Crippen molar-refractivity contribution in [3.05, 3.63) is 96.1 Å². The Balaban J connectivity index is 1.36. The highest BCUT2D eigenvalue weighted by Gasteiger charge is 2.61. The molecule has 1 saturated carbocycles. The molecule has 6 heterocycles. The largest absolute Gasteiger partial charge is 0.455 e. The van der Waals surface area contributed by atoms with Crippen LogP contribution in [-0.4, -0.2) is 16.9 Å². The molecular formula is C44H37BN2OS. The summed E-state index contributed by atoms with van der Waals surface area (Å²) in [5.41, 5.74) is 16.1. The molecule has 0 bridgehead atoms. The van der Waals surface area contributed by atoms with Gasteiger partial charge < -0.3 is 13.8 Å². The fourth-order valence-corrected chi connectivity index (χ4v) is 12.1. The van der Waals surface area contributed by atoms with Gasteiger partial charge in [-0.1, -0.05) is 107 Å². The molecule has 0 saturated heterocycles. The average molecular weight is 653 g/mol. The maximum Gasteiger partial charge on any atom is 0.333 e. The number of fused-ring (bicyclic) bond motifs is 16. The molecule has 3 aliphatic heterocycles. The summed E-state index contributed by atoms with van der Waals surface area (Å²) in [4.78, 5) is 2.86. The van der Waals surface area contributed by atoms with Gasteiger partial charge >= 0.3 is 6.85 Å². The van der Waals surface area contributed by atoms with Gasteiger partial charge in [-0.3, -0.25) is 0 Å². The first-order chi connectivity index (χ1) is 23.7. The van der Waals surface area contributed by atoms with Gasteiger partial charge in [-0.15, -0.1) is 11.3 Å². The van der Waals surface area contributed by atoms with Crippen LogP contribution in [0.3, 0.4) is 0 Å². The molecule has 49 heavy (non-hydrogen) atoms. The maximum absolute atomic E-state index is 6.97. The van der Waals surface area contributed by atoms with E-state index in [4.69, 9.17) is 4.42 Å². The van der Waals surface area contributed by atoms with Gasteiger partial charge in [0, 0.05) is 59.7 Å². The highest BCUT2D eigenvalue weighted by Crippen LogP contribution is 2.63. The van der Waals surface area contributed by atoms with E-state index >= 15 is 0 Å². The monoisotopic (exact) mass is 652 g/mol. The molecular weight excluding hydrogens is 615 g/mol. The fraction of sp³-hybridized carbons (Fsp3) is 0.273. The van der Waals surface area contributed by atoms with Gasteiger partial charge in [0.15, 0.2) is 0 Å². The summed E-state index contributed by atoms with van der Waals surface area (Å²) in [5.74, 6) is 0. The van der Waals surface area contributed by atoms with E-state index in [1.165, 1.54) is 107 Å². The molecule has 0 N–H and O–H groups in total. The summed E-state index contributed by atoms with van der Waals surface area (Å²) in [6, 6.07) is 32.5. The van der Waals surface area contributed by atoms with Gasteiger partial charge in [0.25, 0.3) is 0 Å². The Morgan fingerprint density at radius 1 is 0.796 bits per heavy atom. The molecule has 0 amide bonds. The molecule has 4 aliphatic rings. The molecule has 2 unspecified atom stereocenters. The predicted molar refractivity (Wildman–Crippen MR) is 209 cm³/mol. The predicted octanol–water partition coefficient (Wildman–Crippen LogP) is 10.9. The summed E-state index contributed by atoms with van der Waals surface area (Å²) in [6.07, 6.45) is 4.96. The summed E-state index contributed by atoms with van der Waals surface area (Å²) in [5, 5.41) is 5.15. The Kier molecular flexibility index (Phi) is 4.72. The fourth-order valence-electron chi connectivity index (χ4n) is 10.9. The molecule has 5 aromatic carbocycles. The van der Waals surface area contributed by atoms with Crippen molar-refractivity contribution in [3.8, 4) is 11.1 Å². The van der Waals surface area contributed by atoms with Gasteiger partial charge in [-0.2, -0.15) is 0 Å². The smallest absolute Gasteiger partial charge is 0.333 e. The topological polar surface area (TPSA) is 21.3 Å². The van der Waals surface area contributed by atoms with Gasteiger partial charge in [-0.25, -0.2) is 0 Å². The second kappa shape index (κ2) is 8.45. The van der Waals surface area contributed by atoms with E-state index in [9.17, 15) is 0 Å². The highest BCUT2D eigenvalue weighted by atomic mass is 32.1. The number of thiophene rings is 1. The van der Waals surface area contributed by atoms with Crippen LogP contribution in [0.4, 0.5) is 11.4 Å². The number of benzene rings is 5. The molecule has 3 nitrogen and oxygen atoms in total. The van der Waals surface area contributed by atoms with E-state index in [1.54, 1.807) is 5.56 Å². The quantitative estimate of drug-likeness (QED) is 0.152. The molecule has 0 radical (unpaired) electrons. The van der Waals surface area contributed by atoms with Crippen LogP contribution >= 0.6 is 11.3 Å². The van der Waals surface area contributed by atoms with E-state index in [-0.39, 0.29) is 23.2 Å². The molecule has 1 fully saturated rings. The van der Waals surface area contributed by atoms with Crippen LogP contribution in [0.15, 0.2) is 89.3 Å². The van der Waals surface area contributed by atoms with Crippen molar-refractivity contribution >= 4 is 93.6 Å². The average Bonchev–Trinajstić information content (AvgIpc) is 3.80. The summed E-state index contributed by atoms with van der Waals surface area (Å²) in [7, 11) is 0. The summed E-state index contributed by atoms with van der Waals surface area (Å²) in [6.45, 7) is 12.4. The molecule has 5 heteroatoms. The Morgan fingerprint density at radius 2 is 1.57 bits per heavy atom. The molecule has 12 rings (SSSR count). The van der Waals surface area contributed by atoms with Gasteiger partial charge in [0.1, 0.15) is 11.2 Å². The van der Waals surface area contributed by atoms with Crippen LogP contribution in [0.25, 0.3) is 64.3 Å². The number of nitrogens with zero attached hydrogens (tertiary/aromatic N) is 2. The number of hydrogen-bond acceptors (Lipinski definition) is 3. The lowest BCUT2D eigenvalue weighted by molar-refractivity contribution is 0.195. The van der Waals surface area contributed by atoms with Crippen molar-refractivity contribution in [2.75, 3.05) is 4.90 Å². The lowest BCUT2D eigenvalue weighted by Crippen LogP contribution is -2.62. The van der Waals surface area contributed by atoms with E-state index in [0.717, 1.165) is 11.2 Å². The Bertz CT molecular complexity index is 2830. The van der Waals surface area contributed by atoms with E-state index in [0.29, 0.717) is 0 Å². The molecule has 3 aromatic heterocycles. The van der Waals surface area contributed by atoms with Crippen LogP contribution in [-0.2, 0) is 10.8 Å². The molecule has 8 aromatic rings. The highest BCUT2D eigenvalue weighted by molar-refractivity contribution is 7.27. The Labute approximate surface area is 290 Å². The zero-order valence-corrected chi connectivity index (χ0v) is 29.5. The summed E-state index contributed by atoms with van der Waals surface area (Å²) < 4.78 is 12.5. The van der Waals surface area contributed by atoms with Crippen molar-refractivity contribution in [2.24, 2.45) is 0 Å². The van der Waals surface area contributed by atoms with Gasteiger partial charge in [-0.05, 0) is 65.4 Å². The van der Waals surface area contributed by atoms with Crippen molar-refractivity contribution in [2.45, 2.75) is 76.7 Å². The normalized spacial score (nSPS) is 22.1. The van der Waals surface area contributed by atoms with E-state index in [1.807, 2.05) is 11.3 Å². The number of rotatable bonds is 0. The molecule has 238 valence electrons. The zero-order chi connectivity index (χ0) is 32.8. The third-order valence-corrected chi connectivity index (χ3v) is 14.6. The van der Waals surface area contributed by atoms with Crippen LogP contribution in [0, 0.1) is 0 Å². The minimum Gasteiger partial charge on any atom is -0.455 e. The number of hydrogen-bond donors (Lipinski definition) is 0. The van der Waals surface area contributed by atoms with Gasteiger partial charge in [0.2, 0.25) is 0 Å². The lowest BCUT2D eigenvalue weighted by atomic mass is 9.44. The van der Waals surface area contributed by atoms with Crippen LogP contribution in [0.5, 0.6) is 0 Å². The molecule has 2 atom stereocenters. The number of para-hydroxylation sites is 2. The number of aromatic nitrogens is 1. The first-order valence-corrected chi connectivity index (χ1v) is 18.9. The maximum atomic E-state index is 6.97. The summed E-state index contributed by atoms with van der Waals surface area (Å²) >= 11 is 1.95. The third kappa shape index (κ3) is 2.95. The van der Waals surface area contributed by atoms with E-state index in [2.05, 4.69) is 129 Å². The number of furan rings is 1. The Hall–Kier alpha value is -4.48. The Morgan fingerprint density at radius 3 is 2.43 bits per heavy atom.